The molecular weight excluding hydrogens is 693 g/mol. The van der Waals surface area contributed by atoms with Crippen LogP contribution in [0.2, 0.25) is 0 Å². The molecule has 0 saturated carbocycles. The van der Waals surface area contributed by atoms with Crippen LogP contribution in [0.3, 0.4) is 0 Å². The molecule has 0 aliphatic rings. The van der Waals surface area contributed by atoms with Crippen molar-refractivity contribution in [2.75, 3.05) is 0 Å². The average Bonchev–Trinajstić information content (AvgIpc) is 1.77. The van der Waals surface area contributed by atoms with E-state index in [9.17, 15) is 11.0 Å². The van der Waals surface area contributed by atoms with Crippen LogP contribution in [0.1, 0.15) is 35.6 Å². The predicted molar refractivity (Wildman–Crippen MR) is 239 cm³/mol. The molecule has 0 amide bonds. The van der Waals surface area contributed by atoms with Crippen LogP contribution in [0, 0.1) is 0 Å². The van der Waals surface area contributed by atoms with Gasteiger partial charge in [0.05, 0.1) is 63.4 Å². The second kappa shape index (κ2) is 12.5. The number of aromatic nitrogens is 2. The number of fused-ring (bicyclic) bond motifs is 9. The van der Waals surface area contributed by atoms with Gasteiger partial charge in [0.2, 0.25) is 0 Å². The summed E-state index contributed by atoms with van der Waals surface area (Å²) < 4.78 is 241. The monoisotopic (exact) mass is 752 g/mol. The molecule has 0 radical (unpaired) electrons. The van der Waals surface area contributed by atoms with Crippen LogP contribution in [-0.4, -0.2) is 9.13 Å². The molecule has 3 heterocycles. The largest absolute Gasteiger partial charge is 0.455 e. The van der Waals surface area contributed by atoms with Crippen LogP contribution in [0.4, 0.5) is 0 Å². The zero-order valence-electron chi connectivity index (χ0n) is 54.9. The van der Waals surface area contributed by atoms with E-state index in [0.29, 0.717) is 21.8 Å². The molecule has 3 heteroatoms. The third-order valence-electron chi connectivity index (χ3n) is 9.86. The lowest BCUT2D eigenvalue weighted by molar-refractivity contribution is 0.669. The summed E-state index contributed by atoms with van der Waals surface area (Å²) in [6.07, 6.45) is 0. The molecule has 0 N–H and O–H groups in total. The maximum Gasteiger partial charge on any atom is 0.143 e. The molecule has 12 aromatic rings. The van der Waals surface area contributed by atoms with Crippen molar-refractivity contribution in [1.29, 1.82) is 0 Å². The summed E-state index contributed by atoms with van der Waals surface area (Å²) in [7, 11) is 0. The Balaban J connectivity index is 1.14. The summed E-state index contributed by atoms with van der Waals surface area (Å²) in [6.45, 7) is 0. The summed E-state index contributed by atoms with van der Waals surface area (Å²) >= 11 is 0. The molecule has 0 fully saturated rings. The number of benzene rings is 9. The van der Waals surface area contributed by atoms with Crippen molar-refractivity contribution in [1.82, 2.24) is 9.13 Å². The zero-order chi connectivity index (χ0) is 60.1. The first-order valence-corrected chi connectivity index (χ1v) is 17.4. The molecule has 0 spiro atoms. The molecule has 3 aromatic heterocycles. The first-order chi connectivity index (χ1) is 39.1. The highest BCUT2D eigenvalue weighted by atomic mass is 16.3. The number of para-hydroxylation sites is 4. The minimum absolute atomic E-state index is 0.0367. The maximum absolute atomic E-state index is 9.96. The summed E-state index contributed by atoms with van der Waals surface area (Å²) in [5.41, 5.74) is -3.95. The van der Waals surface area contributed by atoms with Gasteiger partial charge in [-0.25, -0.2) is 0 Å². The maximum atomic E-state index is 9.96. The number of hydrogen-bond acceptors (Lipinski definition) is 1. The summed E-state index contributed by atoms with van der Waals surface area (Å²) in [4.78, 5) is 0. The van der Waals surface area contributed by atoms with Gasteiger partial charge in [-0.2, -0.15) is 0 Å². The summed E-state index contributed by atoms with van der Waals surface area (Å²) in [5.74, 6) is 0. The normalized spacial score (nSPS) is 18.2. The molecule has 0 aliphatic carbocycles. The van der Waals surface area contributed by atoms with E-state index in [0.717, 1.165) is 4.57 Å². The third kappa shape index (κ3) is 4.86. The number of furan rings is 1. The van der Waals surface area contributed by atoms with Crippen molar-refractivity contribution >= 4 is 65.6 Å². The highest BCUT2D eigenvalue weighted by Crippen LogP contribution is 2.41. The van der Waals surface area contributed by atoms with Gasteiger partial charge in [0.15, 0.2) is 0 Å². The Morgan fingerprint density at radius 2 is 1.09 bits per heavy atom. The minimum Gasteiger partial charge on any atom is -0.455 e. The molecule has 0 aliphatic heterocycles. The quantitative estimate of drug-likeness (QED) is 0.172. The van der Waals surface area contributed by atoms with E-state index in [1.807, 2.05) is 0 Å². The zero-order valence-corrected chi connectivity index (χ0v) is 28.9. The van der Waals surface area contributed by atoms with E-state index in [4.69, 9.17) is 29.1 Å². The molecule has 57 heavy (non-hydrogen) atoms. The Morgan fingerprint density at radius 1 is 0.386 bits per heavy atom. The minimum atomic E-state index is -0.918. The first kappa shape index (κ1) is 15.5. The van der Waals surface area contributed by atoms with Crippen LogP contribution in [0.15, 0.2) is 210 Å². The van der Waals surface area contributed by atoms with Crippen molar-refractivity contribution in [3.05, 3.63) is 206 Å². The van der Waals surface area contributed by atoms with E-state index in [2.05, 4.69) is 0 Å². The fourth-order valence-electron chi connectivity index (χ4n) is 7.43. The van der Waals surface area contributed by atoms with Crippen LogP contribution in [0.5, 0.6) is 0 Å². The van der Waals surface area contributed by atoms with Crippen molar-refractivity contribution in [2.45, 2.75) is 0 Å². The van der Waals surface area contributed by atoms with Gasteiger partial charge >= 0.3 is 0 Å². The van der Waals surface area contributed by atoms with Gasteiger partial charge in [-0.05, 0) is 76.7 Å². The third-order valence-corrected chi connectivity index (χ3v) is 9.86. The highest BCUT2D eigenvalue weighted by molar-refractivity contribution is 6.14. The standard InChI is InChI=1S/C54H34N2O/c1-3-14-35(15-4-1)40-18-7-10-23-48(40)56-50-25-12-9-20-43(50)47-33-38(27-31-52(47)56)37-26-30-51-46(32-37)42-19-8-11-24-49(42)55(51)39-28-29-44-45-22-13-21-41(36-16-5-2-6-17-36)54(45)57-53(44)34-39/h1-34H/i1D,2D,3D,4D,5D,6D,7D,9D,10D,12D,13D,14D,15D,16D,17D,18D,20D,21D,22D,23D,25D,27D,29D,31D,33D,34D. The van der Waals surface area contributed by atoms with E-state index in [1.165, 1.54) is 12.1 Å². The molecule has 3 nitrogen and oxygen atoms in total. The second-order valence-corrected chi connectivity index (χ2v) is 12.9. The van der Waals surface area contributed by atoms with Gasteiger partial charge in [0, 0.05) is 55.2 Å². The topological polar surface area (TPSA) is 23.0 Å². The van der Waals surface area contributed by atoms with E-state index >= 15 is 0 Å². The lowest BCUT2D eigenvalue weighted by Crippen LogP contribution is -1.97. The smallest absolute Gasteiger partial charge is 0.143 e. The van der Waals surface area contributed by atoms with Gasteiger partial charge in [-0.15, -0.1) is 0 Å². The Bertz CT molecular complexity index is 5000. The SMILES string of the molecule is [2H]c1c([2H])c([2H])c(-c2c([2H])c([2H])c([2H])c([2H])c2-n2c3c([2H])c([2H])c([2H])c([2H])c3c3c([2H])c(-c4ccc5c(c4)c4ccccc4n5-c4cc([2H])c5c(oc6c(-c7c([2H])c([2H])c([2H])c([2H])c7[2H])c([2H])c([2H])c([2H])c65)c4[2H])c([2H])c([2H])c32)c([2H])c1[2H]. The highest BCUT2D eigenvalue weighted by Gasteiger charge is 2.19. The number of nitrogens with zero attached hydrogens (tertiary/aromatic N) is 2. The number of rotatable bonds is 5. The first-order valence-electron chi connectivity index (χ1n) is 30.4. The average molecular weight is 753 g/mol. The van der Waals surface area contributed by atoms with E-state index < -0.39 is 189 Å². The molecule has 0 atom stereocenters. The van der Waals surface area contributed by atoms with Crippen molar-refractivity contribution < 1.29 is 40.1 Å². The molecule has 12 rings (SSSR count). The lowest BCUT2D eigenvalue weighted by Gasteiger charge is -2.14. The fraction of sp³-hybridized carbons (Fsp3) is 0. The van der Waals surface area contributed by atoms with Gasteiger partial charge in [-0.1, -0.05) is 145 Å². The van der Waals surface area contributed by atoms with Crippen molar-refractivity contribution in [2.24, 2.45) is 0 Å². The second-order valence-electron chi connectivity index (χ2n) is 12.9. The van der Waals surface area contributed by atoms with Crippen LogP contribution < -0.4 is 0 Å². The Hall–Kier alpha value is -7.62. The lowest BCUT2D eigenvalue weighted by atomic mass is 10.0. The fourth-order valence-corrected chi connectivity index (χ4v) is 7.43. The molecule has 0 unspecified atom stereocenters. The molecule has 0 saturated heterocycles. The molecule has 266 valence electrons. The van der Waals surface area contributed by atoms with Gasteiger partial charge < -0.3 is 13.6 Å². The van der Waals surface area contributed by atoms with Gasteiger partial charge in [-0.3, -0.25) is 0 Å². The van der Waals surface area contributed by atoms with Crippen LogP contribution in [-0.2, 0) is 0 Å². The van der Waals surface area contributed by atoms with Gasteiger partial charge in [0.1, 0.15) is 11.2 Å². The van der Waals surface area contributed by atoms with Crippen molar-refractivity contribution in [3.8, 4) is 44.8 Å². The Kier molecular flexibility index (Phi) is 3.38. The Morgan fingerprint density at radius 3 is 1.96 bits per heavy atom. The Labute approximate surface area is 365 Å². The molecular formula is C54H34N2O. The van der Waals surface area contributed by atoms with E-state index in [1.54, 1.807) is 41.0 Å². The predicted octanol–water partition coefficient (Wildman–Crippen LogP) is 14.8. The molecule has 9 aromatic carbocycles. The van der Waals surface area contributed by atoms with Crippen molar-refractivity contribution in [3.63, 3.8) is 0 Å². The van der Waals surface area contributed by atoms with Gasteiger partial charge in [0.25, 0.3) is 0 Å². The van der Waals surface area contributed by atoms with Crippen LogP contribution >= 0.6 is 0 Å². The summed E-state index contributed by atoms with van der Waals surface area (Å²) in [5, 5.41) is -0.171. The summed E-state index contributed by atoms with van der Waals surface area (Å²) in [6, 6.07) is -6.56. The van der Waals surface area contributed by atoms with Crippen LogP contribution in [0.25, 0.3) is 110 Å². The molecule has 0 bridgehead atoms. The van der Waals surface area contributed by atoms with E-state index in [-0.39, 0.29) is 56.2 Å². The number of hydrogen-bond donors (Lipinski definition) is 0.